The zero-order chi connectivity index (χ0) is 11.5. The number of fused-ring (bicyclic) bond motifs is 1. The molecule has 0 aliphatic carbocycles. The lowest BCUT2D eigenvalue weighted by molar-refractivity contribution is 0.415. The molecule has 0 aliphatic rings. The Morgan fingerprint density at radius 1 is 1.44 bits per heavy atom. The van der Waals surface area contributed by atoms with E-state index >= 15 is 0 Å². The Balaban J connectivity index is 2.46. The molecule has 0 aliphatic heterocycles. The normalized spacial score (nSPS) is 10.9. The first-order valence-corrected chi connectivity index (χ1v) is 6.21. The van der Waals surface area contributed by atoms with E-state index in [4.69, 9.17) is 4.74 Å². The van der Waals surface area contributed by atoms with Gasteiger partial charge in [-0.05, 0) is 24.6 Å². The summed E-state index contributed by atoms with van der Waals surface area (Å²) in [6, 6.07) is 5.60. The van der Waals surface area contributed by atoms with Gasteiger partial charge in [0.2, 0.25) is 0 Å². The van der Waals surface area contributed by atoms with Crippen LogP contribution in [-0.2, 0) is 6.54 Å². The van der Waals surface area contributed by atoms with Crippen LogP contribution in [0.1, 0.15) is 19.8 Å². The summed E-state index contributed by atoms with van der Waals surface area (Å²) in [6.07, 6.45) is 2.15. The standard InChI is InChI=1S/C12H15NO2S/c1-3-4-7-13-12(14)10-6-5-9(15-2)8-11(10)16-13/h5-6,8H,3-4,7H2,1-2H3. The van der Waals surface area contributed by atoms with Gasteiger partial charge in [0, 0.05) is 6.54 Å². The number of unbranched alkanes of at least 4 members (excludes halogenated alkanes) is 1. The van der Waals surface area contributed by atoms with Gasteiger partial charge in [-0.15, -0.1) is 0 Å². The van der Waals surface area contributed by atoms with E-state index in [9.17, 15) is 4.79 Å². The highest BCUT2D eigenvalue weighted by Crippen LogP contribution is 2.22. The monoisotopic (exact) mass is 237 g/mol. The van der Waals surface area contributed by atoms with Gasteiger partial charge in [0.05, 0.1) is 17.2 Å². The number of methoxy groups -OCH3 is 1. The SMILES string of the molecule is CCCCn1sc2cc(OC)ccc2c1=O. The van der Waals surface area contributed by atoms with Gasteiger partial charge < -0.3 is 4.74 Å². The maximum Gasteiger partial charge on any atom is 0.268 e. The van der Waals surface area contributed by atoms with Gasteiger partial charge >= 0.3 is 0 Å². The molecule has 4 heteroatoms. The Morgan fingerprint density at radius 3 is 2.94 bits per heavy atom. The molecular formula is C12H15NO2S. The minimum atomic E-state index is 0.121. The first-order chi connectivity index (χ1) is 7.76. The summed E-state index contributed by atoms with van der Waals surface area (Å²) in [7, 11) is 1.64. The van der Waals surface area contributed by atoms with E-state index in [2.05, 4.69) is 6.92 Å². The molecular weight excluding hydrogens is 222 g/mol. The van der Waals surface area contributed by atoms with Crippen LogP contribution in [0.15, 0.2) is 23.0 Å². The van der Waals surface area contributed by atoms with E-state index in [1.807, 2.05) is 22.2 Å². The van der Waals surface area contributed by atoms with Crippen molar-refractivity contribution in [3.05, 3.63) is 28.6 Å². The van der Waals surface area contributed by atoms with E-state index in [-0.39, 0.29) is 5.56 Å². The summed E-state index contributed by atoms with van der Waals surface area (Å²) >= 11 is 1.52. The average Bonchev–Trinajstić information content (AvgIpc) is 2.63. The van der Waals surface area contributed by atoms with E-state index in [1.165, 1.54) is 11.5 Å². The fraction of sp³-hybridized carbons (Fsp3) is 0.417. The van der Waals surface area contributed by atoms with E-state index in [0.717, 1.165) is 35.2 Å². The maximum absolute atomic E-state index is 12.0. The third-order valence-corrected chi connectivity index (χ3v) is 3.67. The molecule has 0 saturated carbocycles. The molecule has 0 spiro atoms. The second kappa shape index (κ2) is 4.70. The summed E-state index contributed by atoms with van der Waals surface area (Å²) < 4.78 is 7.98. The van der Waals surface area contributed by atoms with Crippen molar-refractivity contribution < 1.29 is 4.74 Å². The summed E-state index contributed by atoms with van der Waals surface area (Å²) in [6.45, 7) is 2.94. The third kappa shape index (κ3) is 1.97. The summed E-state index contributed by atoms with van der Waals surface area (Å²) in [5.74, 6) is 0.802. The quantitative estimate of drug-likeness (QED) is 0.818. The molecule has 0 bridgehead atoms. The zero-order valence-corrected chi connectivity index (χ0v) is 10.3. The van der Waals surface area contributed by atoms with Gasteiger partial charge in [-0.3, -0.25) is 8.75 Å². The minimum Gasteiger partial charge on any atom is -0.497 e. The van der Waals surface area contributed by atoms with Crippen LogP contribution in [0.4, 0.5) is 0 Å². The first kappa shape index (κ1) is 11.2. The molecule has 0 atom stereocenters. The Bertz CT molecular complexity index is 541. The van der Waals surface area contributed by atoms with Crippen LogP contribution in [0.3, 0.4) is 0 Å². The molecule has 0 unspecified atom stereocenters. The summed E-state index contributed by atoms with van der Waals surface area (Å²) in [5.41, 5.74) is 0.121. The van der Waals surface area contributed by atoms with Gasteiger partial charge in [-0.2, -0.15) is 0 Å². The second-order valence-corrected chi connectivity index (χ2v) is 4.78. The van der Waals surface area contributed by atoms with E-state index < -0.39 is 0 Å². The predicted molar refractivity (Wildman–Crippen MR) is 67.5 cm³/mol. The van der Waals surface area contributed by atoms with Gasteiger partial charge in [-0.25, -0.2) is 0 Å². The molecule has 0 radical (unpaired) electrons. The van der Waals surface area contributed by atoms with E-state index in [0.29, 0.717) is 0 Å². The Labute approximate surface area is 98.4 Å². The molecule has 86 valence electrons. The van der Waals surface area contributed by atoms with Crippen molar-refractivity contribution in [3.63, 3.8) is 0 Å². The van der Waals surface area contributed by atoms with Gasteiger partial charge in [0.15, 0.2) is 0 Å². The lowest BCUT2D eigenvalue weighted by Gasteiger charge is -1.96. The molecule has 1 aromatic heterocycles. The lowest BCUT2D eigenvalue weighted by Crippen LogP contribution is -2.12. The van der Waals surface area contributed by atoms with Crippen molar-refractivity contribution in [1.82, 2.24) is 3.96 Å². The van der Waals surface area contributed by atoms with Gasteiger partial charge in [0.1, 0.15) is 5.75 Å². The molecule has 0 saturated heterocycles. The van der Waals surface area contributed by atoms with Crippen LogP contribution in [-0.4, -0.2) is 11.1 Å². The second-order valence-electron chi connectivity index (χ2n) is 3.71. The number of rotatable bonds is 4. The number of aryl methyl sites for hydroxylation is 1. The summed E-state index contributed by atoms with van der Waals surface area (Å²) in [5, 5.41) is 0.793. The lowest BCUT2D eigenvalue weighted by atomic mass is 10.2. The highest BCUT2D eigenvalue weighted by molar-refractivity contribution is 7.13. The molecule has 1 aromatic carbocycles. The van der Waals surface area contributed by atoms with E-state index in [1.54, 1.807) is 7.11 Å². The average molecular weight is 237 g/mol. The number of nitrogens with zero attached hydrogens (tertiary/aromatic N) is 1. The highest BCUT2D eigenvalue weighted by atomic mass is 32.1. The maximum atomic E-state index is 12.0. The number of benzene rings is 1. The van der Waals surface area contributed by atoms with Crippen molar-refractivity contribution in [2.45, 2.75) is 26.3 Å². The van der Waals surface area contributed by atoms with Crippen molar-refractivity contribution in [3.8, 4) is 5.75 Å². The van der Waals surface area contributed by atoms with Crippen molar-refractivity contribution in [2.75, 3.05) is 7.11 Å². The molecule has 2 rings (SSSR count). The van der Waals surface area contributed by atoms with Crippen molar-refractivity contribution >= 4 is 21.6 Å². The van der Waals surface area contributed by atoms with Crippen LogP contribution < -0.4 is 10.3 Å². The topological polar surface area (TPSA) is 31.2 Å². The molecule has 0 fully saturated rings. The first-order valence-electron chi connectivity index (χ1n) is 5.44. The number of aromatic nitrogens is 1. The molecule has 2 aromatic rings. The molecule has 0 N–H and O–H groups in total. The fourth-order valence-corrected chi connectivity index (χ4v) is 2.69. The van der Waals surface area contributed by atoms with Gasteiger partial charge in [0.25, 0.3) is 5.56 Å². The van der Waals surface area contributed by atoms with Crippen LogP contribution in [0.25, 0.3) is 10.1 Å². The Hall–Kier alpha value is -1.29. The highest BCUT2D eigenvalue weighted by Gasteiger charge is 2.07. The minimum absolute atomic E-state index is 0.121. The van der Waals surface area contributed by atoms with Crippen molar-refractivity contribution in [2.24, 2.45) is 0 Å². The van der Waals surface area contributed by atoms with Crippen LogP contribution >= 0.6 is 11.5 Å². The Kier molecular flexibility index (Phi) is 3.29. The smallest absolute Gasteiger partial charge is 0.268 e. The number of ether oxygens (including phenoxy) is 1. The van der Waals surface area contributed by atoms with Crippen LogP contribution in [0.5, 0.6) is 5.75 Å². The molecule has 3 nitrogen and oxygen atoms in total. The third-order valence-electron chi connectivity index (χ3n) is 2.57. The fourth-order valence-electron chi connectivity index (χ4n) is 1.63. The van der Waals surface area contributed by atoms with Crippen LogP contribution in [0.2, 0.25) is 0 Å². The zero-order valence-electron chi connectivity index (χ0n) is 9.53. The van der Waals surface area contributed by atoms with Crippen LogP contribution in [0, 0.1) is 0 Å². The summed E-state index contributed by atoms with van der Waals surface area (Å²) in [4.78, 5) is 12.0. The molecule has 0 amide bonds. The Morgan fingerprint density at radius 2 is 2.25 bits per heavy atom. The van der Waals surface area contributed by atoms with Gasteiger partial charge in [-0.1, -0.05) is 24.9 Å². The number of hydrogen-bond acceptors (Lipinski definition) is 3. The predicted octanol–water partition coefficient (Wildman–Crippen LogP) is 2.87. The largest absolute Gasteiger partial charge is 0.497 e. The molecule has 16 heavy (non-hydrogen) atoms. The number of hydrogen-bond donors (Lipinski definition) is 0. The van der Waals surface area contributed by atoms with Crippen molar-refractivity contribution in [1.29, 1.82) is 0 Å². The molecule has 1 heterocycles.